The molecule has 0 spiro atoms. The molecule has 1 aromatic carbocycles. The van der Waals surface area contributed by atoms with Crippen LogP contribution in [0.2, 0.25) is 0 Å². The van der Waals surface area contributed by atoms with Crippen LogP contribution in [0.5, 0.6) is 0 Å². The van der Waals surface area contributed by atoms with Gasteiger partial charge in [-0.25, -0.2) is 4.68 Å². The lowest BCUT2D eigenvalue weighted by Gasteiger charge is -2.14. The zero-order valence-corrected chi connectivity index (χ0v) is 14.3. The molecule has 25 heavy (non-hydrogen) atoms. The van der Waals surface area contributed by atoms with Crippen molar-refractivity contribution in [3.05, 3.63) is 45.9 Å². The number of aromatic amines is 1. The van der Waals surface area contributed by atoms with E-state index in [1.807, 2.05) is 0 Å². The third-order valence-corrected chi connectivity index (χ3v) is 5.30. The van der Waals surface area contributed by atoms with Crippen LogP contribution < -0.4 is 10.5 Å². The molecule has 5 rings (SSSR count). The number of nitrogens with zero attached hydrogens (tertiary/aromatic N) is 4. The lowest BCUT2D eigenvalue weighted by Crippen LogP contribution is -2.23. The van der Waals surface area contributed by atoms with Crippen LogP contribution in [0.3, 0.4) is 0 Å². The van der Waals surface area contributed by atoms with Crippen LogP contribution in [0, 0.1) is 6.92 Å². The van der Waals surface area contributed by atoms with Crippen LogP contribution in [0.25, 0.3) is 16.7 Å². The van der Waals surface area contributed by atoms with Gasteiger partial charge in [0.2, 0.25) is 5.95 Å². The first kappa shape index (κ1) is 14.7. The number of benzene rings is 1. The van der Waals surface area contributed by atoms with Crippen molar-refractivity contribution in [2.45, 2.75) is 38.5 Å². The number of aryl methyl sites for hydroxylation is 1. The number of rotatable bonds is 3. The summed E-state index contributed by atoms with van der Waals surface area (Å²) >= 11 is 0. The summed E-state index contributed by atoms with van der Waals surface area (Å²) in [6, 6.07) is 6.52. The second kappa shape index (κ2) is 5.44. The highest BCUT2D eigenvalue weighted by Crippen LogP contribution is 2.40. The number of fused-ring (bicyclic) bond motifs is 1. The van der Waals surface area contributed by atoms with Gasteiger partial charge in [-0.3, -0.25) is 9.78 Å². The second-order valence-corrected chi connectivity index (χ2v) is 7.21. The molecule has 1 aliphatic heterocycles. The Balaban J connectivity index is 1.58. The predicted octanol–water partition coefficient (Wildman–Crippen LogP) is 2.89. The van der Waals surface area contributed by atoms with E-state index < -0.39 is 0 Å². The molecule has 3 heterocycles. The standard InChI is InChI=1S/C19H21N5O/c1-12-10-14(13-4-5-13)6-7-16(12)24-11-15-17(22-24)20-19(21-18(15)25)23-8-2-3-9-23/h6-7,10-11,13H,2-5,8-9H2,1H3,(H,20,21,22,25). The number of H-pyrrole nitrogens is 1. The van der Waals surface area contributed by atoms with Crippen molar-refractivity contribution in [2.75, 3.05) is 18.0 Å². The number of aromatic nitrogens is 4. The van der Waals surface area contributed by atoms with Crippen LogP contribution in [0.1, 0.15) is 42.7 Å². The van der Waals surface area contributed by atoms with Crippen molar-refractivity contribution in [3.63, 3.8) is 0 Å². The van der Waals surface area contributed by atoms with Crippen LogP contribution in [0.15, 0.2) is 29.2 Å². The second-order valence-electron chi connectivity index (χ2n) is 7.21. The molecule has 3 aromatic rings. The summed E-state index contributed by atoms with van der Waals surface area (Å²) in [5, 5.41) is 5.12. The summed E-state index contributed by atoms with van der Waals surface area (Å²) in [6.45, 7) is 3.98. The van der Waals surface area contributed by atoms with Crippen LogP contribution in [0.4, 0.5) is 5.95 Å². The van der Waals surface area contributed by atoms with E-state index >= 15 is 0 Å². The fourth-order valence-electron chi connectivity index (χ4n) is 3.71. The maximum absolute atomic E-state index is 12.5. The van der Waals surface area contributed by atoms with E-state index in [1.165, 1.54) is 24.0 Å². The van der Waals surface area contributed by atoms with Gasteiger partial charge in [0.1, 0.15) is 5.39 Å². The normalized spacial score (nSPS) is 17.6. The number of hydrogen-bond acceptors (Lipinski definition) is 4. The molecule has 0 atom stereocenters. The largest absolute Gasteiger partial charge is 0.342 e. The highest BCUT2D eigenvalue weighted by Gasteiger charge is 2.24. The fourth-order valence-corrected chi connectivity index (χ4v) is 3.71. The summed E-state index contributed by atoms with van der Waals surface area (Å²) in [4.78, 5) is 22.1. The maximum atomic E-state index is 12.5. The average Bonchev–Trinajstić information content (AvgIpc) is 3.13. The molecule has 2 fully saturated rings. The molecule has 0 bridgehead atoms. The lowest BCUT2D eigenvalue weighted by molar-refractivity contribution is 0.869. The molecule has 2 aromatic heterocycles. The molecule has 1 aliphatic carbocycles. The Morgan fingerprint density at radius 2 is 2.00 bits per heavy atom. The van der Waals surface area contributed by atoms with Crippen LogP contribution in [-0.4, -0.2) is 32.8 Å². The van der Waals surface area contributed by atoms with Gasteiger partial charge in [-0.1, -0.05) is 12.1 Å². The summed E-state index contributed by atoms with van der Waals surface area (Å²) in [5.74, 6) is 1.37. The van der Waals surface area contributed by atoms with Crippen molar-refractivity contribution in [3.8, 4) is 5.69 Å². The van der Waals surface area contributed by atoms with Gasteiger partial charge in [0, 0.05) is 19.3 Å². The van der Waals surface area contributed by atoms with Crippen molar-refractivity contribution in [1.82, 2.24) is 19.7 Å². The Bertz CT molecular complexity index is 1010. The minimum absolute atomic E-state index is 0.120. The highest BCUT2D eigenvalue weighted by molar-refractivity contribution is 5.74. The molecule has 0 unspecified atom stereocenters. The first-order chi connectivity index (χ1) is 12.2. The Morgan fingerprint density at radius 1 is 1.20 bits per heavy atom. The molecular formula is C19H21N5O. The first-order valence-electron chi connectivity index (χ1n) is 9.04. The van der Waals surface area contributed by atoms with E-state index in [4.69, 9.17) is 0 Å². The summed E-state index contributed by atoms with van der Waals surface area (Å²) in [7, 11) is 0. The molecule has 1 saturated carbocycles. The SMILES string of the molecule is Cc1cc(C2CC2)ccc1-n1cc2c(=O)[nH]c(N3CCCC3)nc2n1. The maximum Gasteiger partial charge on any atom is 0.263 e. The lowest BCUT2D eigenvalue weighted by atomic mass is 10.1. The van der Waals surface area contributed by atoms with Crippen LogP contribution in [-0.2, 0) is 0 Å². The monoisotopic (exact) mass is 335 g/mol. The van der Waals surface area contributed by atoms with Gasteiger partial charge in [-0.05, 0) is 55.7 Å². The summed E-state index contributed by atoms with van der Waals surface area (Å²) in [5.41, 5.74) is 3.98. The molecule has 1 N–H and O–H groups in total. The Kier molecular flexibility index (Phi) is 3.20. The van der Waals surface area contributed by atoms with Crippen molar-refractivity contribution < 1.29 is 0 Å². The van der Waals surface area contributed by atoms with Crippen molar-refractivity contribution in [1.29, 1.82) is 0 Å². The molecular weight excluding hydrogens is 314 g/mol. The van der Waals surface area contributed by atoms with Gasteiger partial charge >= 0.3 is 0 Å². The van der Waals surface area contributed by atoms with E-state index in [9.17, 15) is 4.79 Å². The zero-order chi connectivity index (χ0) is 17.0. The molecule has 2 aliphatic rings. The Labute approximate surface area is 145 Å². The third kappa shape index (κ3) is 2.52. The minimum atomic E-state index is -0.120. The number of nitrogens with one attached hydrogen (secondary N) is 1. The van der Waals surface area contributed by atoms with Gasteiger partial charge in [0.15, 0.2) is 5.65 Å². The molecule has 0 radical (unpaired) electrons. The van der Waals surface area contributed by atoms with E-state index in [0.29, 0.717) is 17.0 Å². The summed E-state index contributed by atoms with van der Waals surface area (Å²) in [6.07, 6.45) is 6.66. The van der Waals surface area contributed by atoms with E-state index in [-0.39, 0.29) is 5.56 Å². The first-order valence-corrected chi connectivity index (χ1v) is 9.04. The predicted molar refractivity (Wildman–Crippen MR) is 97.6 cm³/mol. The molecule has 0 amide bonds. The quantitative estimate of drug-likeness (QED) is 0.799. The Hall–Kier alpha value is -2.63. The van der Waals surface area contributed by atoms with Gasteiger partial charge < -0.3 is 4.90 Å². The van der Waals surface area contributed by atoms with E-state index in [0.717, 1.165) is 37.5 Å². The van der Waals surface area contributed by atoms with Crippen molar-refractivity contribution >= 4 is 17.0 Å². The average molecular weight is 335 g/mol. The highest BCUT2D eigenvalue weighted by atomic mass is 16.1. The number of anilines is 1. The minimum Gasteiger partial charge on any atom is -0.342 e. The van der Waals surface area contributed by atoms with E-state index in [2.05, 4.69) is 45.1 Å². The smallest absolute Gasteiger partial charge is 0.263 e. The topological polar surface area (TPSA) is 66.8 Å². The number of hydrogen-bond donors (Lipinski definition) is 1. The van der Waals surface area contributed by atoms with Crippen molar-refractivity contribution in [2.24, 2.45) is 0 Å². The van der Waals surface area contributed by atoms with Gasteiger partial charge in [-0.15, -0.1) is 5.10 Å². The molecule has 6 nitrogen and oxygen atoms in total. The van der Waals surface area contributed by atoms with Crippen LogP contribution >= 0.6 is 0 Å². The molecule has 128 valence electrons. The van der Waals surface area contributed by atoms with Gasteiger partial charge in [0.05, 0.1) is 5.69 Å². The fraction of sp³-hybridized carbons (Fsp3) is 0.421. The van der Waals surface area contributed by atoms with Gasteiger partial charge in [0.25, 0.3) is 5.56 Å². The molecule has 1 saturated heterocycles. The summed E-state index contributed by atoms with van der Waals surface area (Å²) < 4.78 is 1.78. The van der Waals surface area contributed by atoms with Gasteiger partial charge in [-0.2, -0.15) is 4.98 Å². The zero-order valence-electron chi connectivity index (χ0n) is 14.3. The molecule has 6 heteroatoms. The Morgan fingerprint density at radius 3 is 2.72 bits per heavy atom. The third-order valence-electron chi connectivity index (χ3n) is 5.30. The van der Waals surface area contributed by atoms with E-state index in [1.54, 1.807) is 10.9 Å².